The first-order valence-electron chi connectivity index (χ1n) is 5.03. The zero-order chi connectivity index (χ0) is 11.9. The van der Waals surface area contributed by atoms with E-state index in [1.807, 2.05) is 30.3 Å². The maximum Gasteiger partial charge on any atom is 0.191 e. The van der Waals surface area contributed by atoms with Crippen LogP contribution < -0.4 is 10.7 Å². The van der Waals surface area contributed by atoms with Crippen LogP contribution in [0.4, 0.5) is 5.69 Å². The Morgan fingerprint density at radius 1 is 1.18 bits per heavy atom. The molecule has 0 aliphatic heterocycles. The summed E-state index contributed by atoms with van der Waals surface area (Å²) in [5, 5.41) is 7.37. The Morgan fingerprint density at radius 2 is 2.00 bits per heavy atom. The molecule has 0 spiro atoms. The number of rotatable bonds is 3. The van der Waals surface area contributed by atoms with Gasteiger partial charge < -0.3 is 9.73 Å². The van der Waals surface area contributed by atoms with E-state index in [1.165, 1.54) is 0 Å². The van der Waals surface area contributed by atoms with Crippen LogP contribution in [-0.4, -0.2) is 11.3 Å². The Bertz CT molecular complexity index is 494. The predicted octanol–water partition coefficient (Wildman–Crippen LogP) is 2.60. The maximum absolute atomic E-state index is 5.08. The molecule has 4 nitrogen and oxygen atoms in total. The molecule has 86 valence electrons. The molecule has 1 heterocycles. The van der Waals surface area contributed by atoms with Gasteiger partial charge >= 0.3 is 0 Å². The molecule has 1 aromatic heterocycles. The number of hydrogen-bond donors (Lipinski definition) is 2. The smallest absolute Gasteiger partial charge is 0.191 e. The van der Waals surface area contributed by atoms with Crippen LogP contribution in [0, 0.1) is 0 Å². The van der Waals surface area contributed by atoms with Crippen molar-refractivity contribution in [2.45, 2.75) is 0 Å². The van der Waals surface area contributed by atoms with E-state index in [0.29, 0.717) is 10.9 Å². The summed E-state index contributed by atoms with van der Waals surface area (Å²) in [5.74, 6) is 0.667. The van der Waals surface area contributed by atoms with E-state index >= 15 is 0 Å². The Balaban J connectivity index is 1.82. The summed E-state index contributed by atoms with van der Waals surface area (Å²) in [6.07, 6.45) is 3.14. The Morgan fingerprint density at radius 3 is 2.71 bits per heavy atom. The van der Waals surface area contributed by atoms with Crippen LogP contribution in [0.2, 0.25) is 0 Å². The molecule has 0 aliphatic carbocycles. The number of anilines is 1. The van der Waals surface area contributed by atoms with Gasteiger partial charge in [0.25, 0.3) is 0 Å². The Hall–Kier alpha value is -2.14. The molecule has 2 rings (SSSR count). The van der Waals surface area contributed by atoms with E-state index in [0.717, 1.165) is 5.69 Å². The molecule has 2 N–H and O–H groups in total. The summed E-state index contributed by atoms with van der Waals surface area (Å²) in [7, 11) is 0. The third-order valence-electron chi connectivity index (χ3n) is 1.93. The van der Waals surface area contributed by atoms with Crippen molar-refractivity contribution in [3.05, 3.63) is 54.5 Å². The van der Waals surface area contributed by atoms with Gasteiger partial charge in [-0.05, 0) is 36.5 Å². The molecule has 0 fully saturated rings. The van der Waals surface area contributed by atoms with Crippen molar-refractivity contribution in [3.63, 3.8) is 0 Å². The van der Waals surface area contributed by atoms with E-state index in [-0.39, 0.29) is 0 Å². The molecule has 0 atom stereocenters. The Kier molecular flexibility index (Phi) is 3.88. The first kappa shape index (κ1) is 11.3. The van der Waals surface area contributed by atoms with Crippen molar-refractivity contribution in [2.75, 3.05) is 5.32 Å². The maximum atomic E-state index is 5.08. The molecule has 2 aromatic rings. The van der Waals surface area contributed by atoms with Crippen LogP contribution in [0.5, 0.6) is 0 Å². The molecule has 5 heteroatoms. The SMILES string of the molecule is S=C(N/N=C\c1ccco1)Nc1ccccc1. The monoisotopic (exact) mass is 245 g/mol. The Labute approximate surface area is 104 Å². The van der Waals surface area contributed by atoms with E-state index in [1.54, 1.807) is 24.6 Å². The average Bonchev–Trinajstić information content (AvgIpc) is 2.83. The number of benzene rings is 1. The van der Waals surface area contributed by atoms with Crippen molar-refractivity contribution in [1.29, 1.82) is 0 Å². The van der Waals surface area contributed by atoms with Gasteiger partial charge in [0.05, 0.1) is 12.5 Å². The first-order valence-corrected chi connectivity index (χ1v) is 5.44. The highest BCUT2D eigenvalue weighted by molar-refractivity contribution is 7.80. The second-order valence-corrected chi connectivity index (χ2v) is 3.61. The topological polar surface area (TPSA) is 49.6 Å². The number of thiocarbonyl (C=S) groups is 1. The van der Waals surface area contributed by atoms with Gasteiger partial charge in [0.1, 0.15) is 5.76 Å². The second kappa shape index (κ2) is 5.81. The van der Waals surface area contributed by atoms with Gasteiger partial charge in [-0.15, -0.1) is 0 Å². The van der Waals surface area contributed by atoms with Crippen molar-refractivity contribution < 1.29 is 4.42 Å². The highest BCUT2D eigenvalue weighted by atomic mass is 32.1. The van der Waals surface area contributed by atoms with Crippen LogP contribution in [0.3, 0.4) is 0 Å². The lowest BCUT2D eigenvalue weighted by atomic mass is 10.3. The molecular weight excluding hydrogens is 234 g/mol. The fourth-order valence-corrected chi connectivity index (χ4v) is 1.37. The minimum absolute atomic E-state index is 0.430. The lowest BCUT2D eigenvalue weighted by Crippen LogP contribution is -2.23. The van der Waals surface area contributed by atoms with Crippen molar-refractivity contribution >= 4 is 29.2 Å². The molecule has 17 heavy (non-hydrogen) atoms. The van der Waals surface area contributed by atoms with Crippen LogP contribution in [0.15, 0.2) is 58.2 Å². The van der Waals surface area contributed by atoms with Crippen molar-refractivity contribution in [2.24, 2.45) is 5.10 Å². The highest BCUT2D eigenvalue weighted by Gasteiger charge is 1.94. The molecule has 0 amide bonds. The minimum Gasteiger partial charge on any atom is -0.463 e. The fourth-order valence-electron chi connectivity index (χ4n) is 1.20. The molecule has 0 unspecified atom stereocenters. The normalized spacial score (nSPS) is 10.4. The lowest BCUT2D eigenvalue weighted by Gasteiger charge is -2.05. The first-order chi connectivity index (χ1) is 8.34. The molecule has 0 saturated carbocycles. The summed E-state index contributed by atoms with van der Waals surface area (Å²) >= 11 is 5.06. The van der Waals surface area contributed by atoms with E-state index in [2.05, 4.69) is 15.8 Å². The summed E-state index contributed by atoms with van der Waals surface area (Å²) in [6.45, 7) is 0. The highest BCUT2D eigenvalue weighted by Crippen LogP contribution is 2.04. The summed E-state index contributed by atoms with van der Waals surface area (Å²) in [6, 6.07) is 13.2. The van der Waals surface area contributed by atoms with Crippen LogP contribution >= 0.6 is 12.2 Å². The zero-order valence-corrected chi connectivity index (χ0v) is 9.78. The van der Waals surface area contributed by atoms with Gasteiger partial charge in [-0.25, -0.2) is 0 Å². The number of hydrogen-bond acceptors (Lipinski definition) is 3. The summed E-state index contributed by atoms with van der Waals surface area (Å²) in [4.78, 5) is 0. The van der Waals surface area contributed by atoms with Crippen molar-refractivity contribution in [3.8, 4) is 0 Å². The standard InChI is InChI=1S/C12H11N3OS/c17-12(14-10-5-2-1-3-6-10)15-13-9-11-7-4-8-16-11/h1-9H,(H2,14,15,17)/b13-9-. The van der Waals surface area contributed by atoms with Gasteiger partial charge in [0.15, 0.2) is 5.11 Å². The fraction of sp³-hybridized carbons (Fsp3) is 0. The van der Waals surface area contributed by atoms with Gasteiger partial charge in [-0.2, -0.15) is 5.10 Å². The molecule has 0 saturated heterocycles. The third-order valence-corrected chi connectivity index (χ3v) is 2.13. The zero-order valence-electron chi connectivity index (χ0n) is 8.96. The number of nitrogens with one attached hydrogen (secondary N) is 2. The number of para-hydroxylation sites is 1. The van der Waals surface area contributed by atoms with E-state index in [9.17, 15) is 0 Å². The van der Waals surface area contributed by atoms with Crippen LogP contribution in [0.25, 0.3) is 0 Å². The average molecular weight is 245 g/mol. The van der Waals surface area contributed by atoms with Gasteiger partial charge in [0.2, 0.25) is 0 Å². The lowest BCUT2D eigenvalue weighted by molar-refractivity contribution is 0.560. The molecule has 0 radical (unpaired) electrons. The van der Waals surface area contributed by atoms with Crippen LogP contribution in [-0.2, 0) is 0 Å². The van der Waals surface area contributed by atoms with Gasteiger partial charge in [0, 0.05) is 5.69 Å². The number of furan rings is 1. The molecule has 0 aliphatic rings. The third kappa shape index (κ3) is 3.73. The largest absolute Gasteiger partial charge is 0.463 e. The van der Waals surface area contributed by atoms with E-state index in [4.69, 9.17) is 16.6 Å². The molecule has 1 aromatic carbocycles. The summed E-state index contributed by atoms with van der Waals surface area (Å²) < 4.78 is 5.08. The van der Waals surface area contributed by atoms with Crippen LogP contribution in [0.1, 0.15) is 5.76 Å². The van der Waals surface area contributed by atoms with Crippen molar-refractivity contribution in [1.82, 2.24) is 5.43 Å². The number of nitrogens with zero attached hydrogens (tertiary/aromatic N) is 1. The molecule has 0 bridgehead atoms. The predicted molar refractivity (Wildman–Crippen MR) is 72.1 cm³/mol. The molecular formula is C12H11N3OS. The number of hydrazone groups is 1. The second-order valence-electron chi connectivity index (χ2n) is 3.21. The minimum atomic E-state index is 0.430. The van der Waals surface area contributed by atoms with Gasteiger partial charge in [-0.3, -0.25) is 5.43 Å². The summed E-state index contributed by atoms with van der Waals surface area (Å²) in [5.41, 5.74) is 3.61. The van der Waals surface area contributed by atoms with Gasteiger partial charge in [-0.1, -0.05) is 18.2 Å². The van der Waals surface area contributed by atoms with E-state index < -0.39 is 0 Å². The quantitative estimate of drug-likeness (QED) is 0.496.